The van der Waals surface area contributed by atoms with E-state index in [2.05, 4.69) is 25.5 Å². The molecule has 0 saturated carbocycles. The van der Waals surface area contributed by atoms with Crippen molar-refractivity contribution in [3.05, 3.63) is 27.9 Å². The van der Waals surface area contributed by atoms with Crippen molar-refractivity contribution in [1.29, 1.82) is 0 Å². The van der Waals surface area contributed by atoms with Gasteiger partial charge in [-0.1, -0.05) is 0 Å². The Hall–Kier alpha value is -1.31. The SMILES string of the molecule is CCO[C@H](C)c1nc(CN(C)[C@H](C)c2nnc(C)o2)cs1. The van der Waals surface area contributed by atoms with Gasteiger partial charge in [0.25, 0.3) is 0 Å². The van der Waals surface area contributed by atoms with Crippen LogP contribution in [0.4, 0.5) is 0 Å². The number of aromatic nitrogens is 3. The Morgan fingerprint density at radius 2 is 2.14 bits per heavy atom. The van der Waals surface area contributed by atoms with Gasteiger partial charge in [-0.2, -0.15) is 0 Å². The summed E-state index contributed by atoms with van der Waals surface area (Å²) < 4.78 is 11.0. The Balaban J connectivity index is 1.97. The molecule has 116 valence electrons. The number of thiazole rings is 1. The van der Waals surface area contributed by atoms with Gasteiger partial charge in [0.05, 0.1) is 11.7 Å². The fourth-order valence-electron chi connectivity index (χ4n) is 1.96. The first-order valence-corrected chi connectivity index (χ1v) is 7.95. The van der Waals surface area contributed by atoms with Crippen molar-refractivity contribution in [2.75, 3.05) is 13.7 Å². The topological polar surface area (TPSA) is 64.3 Å². The van der Waals surface area contributed by atoms with Gasteiger partial charge < -0.3 is 9.15 Å². The summed E-state index contributed by atoms with van der Waals surface area (Å²) in [6.07, 6.45) is 0.0510. The second kappa shape index (κ2) is 7.11. The predicted octanol–water partition coefficient (Wildman–Crippen LogP) is 3.13. The van der Waals surface area contributed by atoms with E-state index in [1.807, 2.05) is 27.8 Å². The Morgan fingerprint density at radius 3 is 2.76 bits per heavy atom. The molecule has 0 N–H and O–H groups in total. The van der Waals surface area contributed by atoms with Crippen LogP contribution in [0.1, 0.15) is 55.4 Å². The number of nitrogens with zero attached hydrogens (tertiary/aromatic N) is 4. The van der Waals surface area contributed by atoms with Gasteiger partial charge in [0.1, 0.15) is 11.1 Å². The van der Waals surface area contributed by atoms with E-state index in [1.165, 1.54) is 0 Å². The summed E-state index contributed by atoms with van der Waals surface area (Å²) in [5.41, 5.74) is 1.03. The molecule has 0 aromatic carbocycles. The van der Waals surface area contributed by atoms with Crippen molar-refractivity contribution >= 4 is 11.3 Å². The summed E-state index contributed by atoms with van der Waals surface area (Å²) in [5, 5.41) is 11.0. The molecule has 0 aliphatic heterocycles. The second-order valence-corrected chi connectivity index (χ2v) is 5.91. The lowest BCUT2D eigenvalue weighted by Crippen LogP contribution is -2.22. The van der Waals surface area contributed by atoms with Gasteiger partial charge in [-0.05, 0) is 27.8 Å². The third kappa shape index (κ3) is 4.09. The quantitative estimate of drug-likeness (QED) is 0.783. The Morgan fingerprint density at radius 1 is 1.38 bits per heavy atom. The van der Waals surface area contributed by atoms with E-state index in [1.54, 1.807) is 18.3 Å². The Kier molecular flexibility index (Phi) is 5.44. The maximum atomic E-state index is 5.57. The van der Waals surface area contributed by atoms with Crippen LogP contribution in [-0.4, -0.2) is 33.7 Å². The van der Waals surface area contributed by atoms with Crippen molar-refractivity contribution in [2.24, 2.45) is 0 Å². The highest BCUT2D eigenvalue weighted by molar-refractivity contribution is 7.09. The van der Waals surface area contributed by atoms with E-state index >= 15 is 0 Å². The highest BCUT2D eigenvalue weighted by Crippen LogP contribution is 2.24. The first-order valence-electron chi connectivity index (χ1n) is 7.07. The minimum atomic E-state index is 0.0510. The van der Waals surface area contributed by atoms with Crippen LogP contribution in [0.2, 0.25) is 0 Å². The van der Waals surface area contributed by atoms with E-state index in [9.17, 15) is 0 Å². The number of hydrogen-bond acceptors (Lipinski definition) is 7. The van der Waals surface area contributed by atoms with Crippen molar-refractivity contribution in [2.45, 2.75) is 46.4 Å². The fourth-order valence-corrected chi connectivity index (χ4v) is 2.78. The average Bonchev–Trinajstić information content (AvgIpc) is 3.07. The summed E-state index contributed by atoms with van der Waals surface area (Å²) in [7, 11) is 2.02. The molecule has 2 heterocycles. The van der Waals surface area contributed by atoms with E-state index in [4.69, 9.17) is 9.15 Å². The van der Waals surface area contributed by atoms with Crippen molar-refractivity contribution in [3.8, 4) is 0 Å². The second-order valence-electron chi connectivity index (χ2n) is 5.03. The predicted molar refractivity (Wildman–Crippen MR) is 81.1 cm³/mol. The van der Waals surface area contributed by atoms with Crippen LogP contribution in [0.5, 0.6) is 0 Å². The zero-order chi connectivity index (χ0) is 15.4. The van der Waals surface area contributed by atoms with E-state index in [-0.39, 0.29) is 12.1 Å². The van der Waals surface area contributed by atoms with Gasteiger partial charge in [-0.3, -0.25) is 4.90 Å². The molecule has 21 heavy (non-hydrogen) atoms. The molecular weight excluding hydrogens is 288 g/mol. The van der Waals surface area contributed by atoms with Crippen LogP contribution in [0.3, 0.4) is 0 Å². The molecule has 6 nitrogen and oxygen atoms in total. The fraction of sp³-hybridized carbons (Fsp3) is 0.643. The van der Waals surface area contributed by atoms with Crippen molar-refractivity contribution in [3.63, 3.8) is 0 Å². The molecule has 0 unspecified atom stereocenters. The van der Waals surface area contributed by atoms with E-state index < -0.39 is 0 Å². The van der Waals surface area contributed by atoms with E-state index in [0.29, 0.717) is 18.4 Å². The van der Waals surface area contributed by atoms with Crippen LogP contribution in [0.15, 0.2) is 9.80 Å². The first kappa shape index (κ1) is 16.1. The molecule has 2 aromatic rings. The summed E-state index contributed by atoms with van der Waals surface area (Å²) >= 11 is 1.64. The summed E-state index contributed by atoms with van der Waals surface area (Å²) in [4.78, 5) is 6.77. The van der Waals surface area contributed by atoms with Crippen LogP contribution in [0.25, 0.3) is 0 Å². The smallest absolute Gasteiger partial charge is 0.233 e. The molecule has 0 bridgehead atoms. The highest BCUT2D eigenvalue weighted by Gasteiger charge is 2.19. The monoisotopic (exact) mass is 310 g/mol. The summed E-state index contributed by atoms with van der Waals surface area (Å²) in [6.45, 7) is 9.29. The molecule has 2 rings (SSSR count). The lowest BCUT2D eigenvalue weighted by Gasteiger charge is -2.20. The lowest BCUT2D eigenvalue weighted by atomic mass is 10.3. The van der Waals surface area contributed by atoms with Gasteiger partial charge in [-0.25, -0.2) is 4.98 Å². The van der Waals surface area contributed by atoms with Gasteiger partial charge in [0.2, 0.25) is 11.8 Å². The molecular formula is C14H22N4O2S. The number of aryl methyl sites for hydroxylation is 1. The lowest BCUT2D eigenvalue weighted by molar-refractivity contribution is 0.0759. The molecule has 0 amide bonds. The van der Waals surface area contributed by atoms with Gasteiger partial charge in [0, 0.05) is 25.5 Å². The molecule has 2 atom stereocenters. The Labute approximate surface area is 129 Å². The van der Waals surface area contributed by atoms with Crippen molar-refractivity contribution in [1.82, 2.24) is 20.1 Å². The largest absolute Gasteiger partial charge is 0.424 e. The van der Waals surface area contributed by atoms with Gasteiger partial charge in [-0.15, -0.1) is 21.5 Å². The first-order chi connectivity index (χ1) is 10.0. The molecule has 0 saturated heterocycles. The van der Waals surface area contributed by atoms with Crippen LogP contribution >= 0.6 is 11.3 Å². The minimum absolute atomic E-state index is 0.0510. The number of rotatable bonds is 7. The maximum Gasteiger partial charge on any atom is 0.233 e. The molecule has 7 heteroatoms. The summed E-state index contributed by atoms with van der Waals surface area (Å²) in [6, 6.07) is 0.0562. The third-order valence-corrected chi connectivity index (χ3v) is 4.36. The zero-order valence-electron chi connectivity index (χ0n) is 13.2. The van der Waals surface area contributed by atoms with Crippen molar-refractivity contribution < 1.29 is 9.15 Å². The Bertz CT molecular complexity index is 569. The molecule has 2 aromatic heterocycles. The number of ether oxygens (including phenoxy) is 1. The molecule has 0 radical (unpaired) electrons. The average molecular weight is 310 g/mol. The van der Waals surface area contributed by atoms with Crippen LogP contribution < -0.4 is 0 Å². The van der Waals surface area contributed by atoms with Crippen LogP contribution in [-0.2, 0) is 11.3 Å². The number of hydrogen-bond donors (Lipinski definition) is 0. The van der Waals surface area contributed by atoms with Gasteiger partial charge in [0.15, 0.2) is 0 Å². The highest BCUT2D eigenvalue weighted by atomic mass is 32.1. The van der Waals surface area contributed by atoms with Crippen LogP contribution in [0, 0.1) is 6.92 Å². The molecule has 0 spiro atoms. The van der Waals surface area contributed by atoms with E-state index in [0.717, 1.165) is 17.2 Å². The summed E-state index contributed by atoms with van der Waals surface area (Å²) in [5.74, 6) is 1.22. The normalized spacial score (nSPS) is 14.6. The zero-order valence-corrected chi connectivity index (χ0v) is 14.0. The minimum Gasteiger partial charge on any atom is -0.424 e. The molecule has 0 aliphatic carbocycles. The molecule has 0 aliphatic rings. The molecule has 0 fully saturated rings. The van der Waals surface area contributed by atoms with Gasteiger partial charge >= 0.3 is 0 Å². The maximum absolute atomic E-state index is 5.57. The standard InChI is InChI=1S/C14H22N4O2S/c1-6-19-10(3)14-15-12(8-21-14)7-18(5)9(2)13-17-16-11(4)20-13/h8-10H,6-7H2,1-5H3/t9-,10-/m1/s1. The third-order valence-electron chi connectivity index (χ3n) is 3.31.